The molecule has 0 aromatic heterocycles. The molecule has 0 saturated heterocycles. The molecular formula is C17H20BrNO2. The van der Waals surface area contributed by atoms with E-state index in [1.165, 1.54) is 0 Å². The van der Waals surface area contributed by atoms with Crippen LogP contribution >= 0.6 is 15.9 Å². The van der Waals surface area contributed by atoms with Gasteiger partial charge in [0.25, 0.3) is 0 Å². The van der Waals surface area contributed by atoms with Crippen molar-refractivity contribution in [2.45, 2.75) is 19.9 Å². The highest BCUT2D eigenvalue weighted by Gasteiger charge is 2.04. The third-order valence-corrected chi connectivity index (χ3v) is 3.68. The molecule has 0 aliphatic rings. The van der Waals surface area contributed by atoms with Crippen LogP contribution in [0, 0.1) is 6.92 Å². The third kappa shape index (κ3) is 4.76. The second kappa shape index (κ2) is 7.48. The number of rotatable bonds is 6. The van der Waals surface area contributed by atoms with E-state index in [0.717, 1.165) is 27.1 Å². The van der Waals surface area contributed by atoms with E-state index in [9.17, 15) is 0 Å². The molecule has 3 nitrogen and oxygen atoms in total. The lowest BCUT2D eigenvalue weighted by Crippen LogP contribution is -2.10. The molecule has 21 heavy (non-hydrogen) atoms. The fraction of sp³-hybridized carbons (Fsp3) is 0.294. The molecule has 0 amide bonds. The first-order chi connectivity index (χ1) is 10.1. The van der Waals surface area contributed by atoms with E-state index in [1.807, 2.05) is 50.2 Å². The highest BCUT2D eigenvalue weighted by atomic mass is 79.9. The number of benzene rings is 2. The van der Waals surface area contributed by atoms with Crippen molar-refractivity contribution in [3.05, 3.63) is 58.1 Å². The molecule has 1 atom stereocenters. The van der Waals surface area contributed by atoms with Gasteiger partial charge in [-0.3, -0.25) is 0 Å². The average Bonchev–Trinajstić information content (AvgIpc) is 2.46. The Morgan fingerprint density at radius 3 is 2.33 bits per heavy atom. The molecule has 0 radical (unpaired) electrons. The molecule has 0 heterocycles. The van der Waals surface area contributed by atoms with Gasteiger partial charge in [-0.15, -0.1) is 0 Å². The van der Waals surface area contributed by atoms with Crippen LogP contribution in [0.1, 0.15) is 24.1 Å². The van der Waals surface area contributed by atoms with Crippen molar-refractivity contribution in [2.24, 2.45) is 5.73 Å². The predicted octanol–water partition coefficient (Wildman–Crippen LogP) is 4.24. The summed E-state index contributed by atoms with van der Waals surface area (Å²) in [7, 11) is 0. The first kappa shape index (κ1) is 15.9. The quantitative estimate of drug-likeness (QED) is 0.793. The Morgan fingerprint density at radius 1 is 1.05 bits per heavy atom. The molecular weight excluding hydrogens is 330 g/mol. The summed E-state index contributed by atoms with van der Waals surface area (Å²) in [5, 5.41) is 0. The standard InChI is InChI=1S/C17H20BrNO2/c1-12-11-14(13(2)19)3-8-17(12)21-10-9-20-16-6-4-15(18)5-7-16/h3-8,11,13H,9-10,19H2,1-2H3/t13-/m0/s1. The van der Waals surface area contributed by atoms with Crippen LogP contribution in [0.4, 0.5) is 0 Å². The van der Waals surface area contributed by atoms with Crippen LogP contribution in [0.3, 0.4) is 0 Å². The van der Waals surface area contributed by atoms with E-state index in [0.29, 0.717) is 13.2 Å². The summed E-state index contributed by atoms with van der Waals surface area (Å²) in [6.07, 6.45) is 0. The second-order valence-electron chi connectivity index (χ2n) is 4.96. The Hall–Kier alpha value is -1.52. The predicted molar refractivity (Wildman–Crippen MR) is 88.9 cm³/mol. The molecule has 0 fully saturated rings. The molecule has 0 bridgehead atoms. The fourth-order valence-electron chi connectivity index (χ4n) is 1.96. The summed E-state index contributed by atoms with van der Waals surface area (Å²) in [6, 6.07) is 13.8. The number of hydrogen-bond donors (Lipinski definition) is 1. The summed E-state index contributed by atoms with van der Waals surface area (Å²) in [5.74, 6) is 1.71. The number of nitrogens with two attached hydrogens (primary N) is 1. The highest BCUT2D eigenvalue weighted by Crippen LogP contribution is 2.22. The third-order valence-electron chi connectivity index (χ3n) is 3.15. The van der Waals surface area contributed by atoms with Gasteiger partial charge in [-0.1, -0.05) is 28.1 Å². The molecule has 4 heteroatoms. The second-order valence-corrected chi connectivity index (χ2v) is 5.88. The first-order valence-electron chi connectivity index (χ1n) is 6.93. The van der Waals surface area contributed by atoms with Crippen molar-refractivity contribution < 1.29 is 9.47 Å². The van der Waals surface area contributed by atoms with Gasteiger partial charge in [0.2, 0.25) is 0 Å². The minimum Gasteiger partial charge on any atom is -0.490 e. The first-order valence-corrected chi connectivity index (χ1v) is 7.73. The number of ether oxygens (including phenoxy) is 2. The lowest BCUT2D eigenvalue weighted by molar-refractivity contribution is 0.216. The van der Waals surface area contributed by atoms with Crippen molar-refractivity contribution in [2.75, 3.05) is 13.2 Å². The smallest absolute Gasteiger partial charge is 0.122 e. The van der Waals surface area contributed by atoms with Crippen LogP contribution in [0.2, 0.25) is 0 Å². The fourth-order valence-corrected chi connectivity index (χ4v) is 2.22. The van der Waals surface area contributed by atoms with Crippen molar-refractivity contribution >= 4 is 15.9 Å². The van der Waals surface area contributed by atoms with E-state index >= 15 is 0 Å². The maximum absolute atomic E-state index is 5.87. The zero-order valence-corrected chi connectivity index (χ0v) is 13.9. The average molecular weight is 350 g/mol. The van der Waals surface area contributed by atoms with Crippen molar-refractivity contribution in [3.8, 4) is 11.5 Å². The largest absolute Gasteiger partial charge is 0.490 e. The van der Waals surface area contributed by atoms with Gasteiger partial charge in [0.15, 0.2) is 0 Å². The Morgan fingerprint density at radius 2 is 1.71 bits per heavy atom. The van der Waals surface area contributed by atoms with E-state index in [4.69, 9.17) is 15.2 Å². The SMILES string of the molecule is Cc1cc([C@H](C)N)ccc1OCCOc1ccc(Br)cc1. The summed E-state index contributed by atoms with van der Waals surface area (Å²) in [5.41, 5.74) is 8.07. The monoisotopic (exact) mass is 349 g/mol. The van der Waals surface area contributed by atoms with Crippen LogP contribution in [0.15, 0.2) is 46.9 Å². The minimum atomic E-state index is 0.0403. The Kier molecular flexibility index (Phi) is 5.65. The van der Waals surface area contributed by atoms with Gasteiger partial charge in [-0.25, -0.2) is 0 Å². The Bertz CT molecular complexity index is 582. The van der Waals surface area contributed by atoms with Crippen LogP contribution < -0.4 is 15.2 Å². The lowest BCUT2D eigenvalue weighted by Gasteiger charge is -2.13. The lowest BCUT2D eigenvalue weighted by atomic mass is 10.1. The topological polar surface area (TPSA) is 44.5 Å². The molecule has 0 saturated carbocycles. The van der Waals surface area contributed by atoms with Crippen molar-refractivity contribution in [1.82, 2.24) is 0 Å². The Labute approximate surface area is 134 Å². The van der Waals surface area contributed by atoms with Crippen molar-refractivity contribution in [3.63, 3.8) is 0 Å². The van der Waals surface area contributed by atoms with Gasteiger partial charge in [0, 0.05) is 10.5 Å². The van der Waals surface area contributed by atoms with Crippen LogP contribution in [0.5, 0.6) is 11.5 Å². The number of aryl methyl sites for hydroxylation is 1. The molecule has 2 N–H and O–H groups in total. The molecule has 0 spiro atoms. The summed E-state index contributed by atoms with van der Waals surface area (Å²) >= 11 is 3.39. The highest BCUT2D eigenvalue weighted by molar-refractivity contribution is 9.10. The zero-order valence-electron chi connectivity index (χ0n) is 12.3. The molecule has 0 aliphatic carbocycles. The van der Waals surface area contributed by atoms with Gasteiger partial charge in [0.1, 0.15) is 24.7 Å². The maximum atomic E-state index is 5.87. The molecule has 2 aromatic rings. The zero-order chi connectivity index (χ0) is 15.2. The molecule has 0 unspecified atom stereocenters. The number of halogens is 1. The van der Waals surface area contributed by atoms with Crippen LogP contribution in [0.25, 0.3) is 0 Å². The van der Waals surface area contributed by atoms with Crippen LogP contribution in [-0.4, -0.2) is 13.2 Å². The molecule has 2 rings (SSSR count). The minimum absolute atomic E-state index is 0.0403. The van der Waals surface area contributed by atoms with Gasteiger partial charge >= 0.3 is 0 Å². The van der Waals surface area contributed by atoms with Crippen LogP contribution in [-0.2, 0) is 0 Å². The summed E-state index contributed by atoms with van der Waals surface area (Å²) in [6.45, 7) is 5.02. The summed E-state index contributed by atoms with van der Waals surface area (Å²) < 4.78 is 12.4. The van der Waals surface area contributed by atoms with E-state index in [2.05, 4.69) is 22.0 Å². The van der Waals surface area contributed by atoms with E-state index < -0.39 is 0 Å². The summed E-state index contributed by atoms with van der Waals surface area (Å²) in [4.78, 5) is 0. The molecule has 2 aromatic carbocycles. The molecule has 0 aliphatic heterocycles. The Balaban J connectivity index is 1.82. The maximum Gasteiger partial charge on any atom is 0.122 e. The van der Waals surface area contributed by atoms with Gasteiger partial charge in [-0.2, -0.15) is 0 Å². The number of hydrogen-bond acceptors (Lipinski definition) is 3. The van der Waals surface area contributed by atoms with Crippen molar-refractivity contribution in [1.29, 1.82) is 0 Å². The van der Waals surface area contributed by atoms with E-state index in [1.54, 1.807) is 0 Å². The normalized spacial score (nSPS) is 12.0. The van der Waals surface area contributed by atoms with Gasteiger partial charge in [0.05, 0.1) is 0 Å². The van der Waals surface area contributed by atoms with Gasteiger partial charge < -0.3 is 15.2 Å². The molecule has 112 valence electrons. The van der Waals surface area contributed by atoms with Gasteiger partial charge in [-0.05, 0) is 55.3 Å². The van der Waals surface area contributed by atoms with E-state index in [-0.39, 0.29) is 6.04 Å².